The van der Waals surface area contributed by atoms with Crippen LogP contribution in [0.3, 0.4) is 0 Å². The average molecular weight is 290 g/mol. The van der Waals surface area contributed by atoms with E-state index in [-0.39, 0.29) is 10.3 Å². The molecule has 7 heteroatoms. The number of nitrogens with zero attached hydrogens (tertiary/aromatic N) is 1. The van der Waals surface area contributed by atoms with E-state index in [1.807, 2.05) is 6.92 Å². The van der Waals surface area contributed by atoms with Gasteiger partial charge in [-0.3, -0.25) is 0 Å². The normalized spacial score (nSPS) is 13.9. The first-order valence-electron chi connectivity index (χ1n) is 4.30. The summed E-state index contributed by atoms with van der Waals surface area (Å²) < 4.78 is 36.9. The number of thioether (sulfide) groups is 1. The van der Waals surface area contributed by atoms with Crippen LogP contribution in [0.15, 0.2) is 17.3 Å². The molecule has 0 N–H and O–H groups in total. The number of alkyl halides is 4. The van der Waals surface area contributed by atoms with E-state index in [0.29, 0.717) is 10.9 Å². The summed E-state index contributed by atoms with van der Waals surface area (Å²) >= 11 is 12.5. The minimum Gasteiger partial charge on any atom is -0.248 e. The Hall–Kier alpha value is -0.130. The van der Waals surface area contributed by atoms with Crippen LogP contribution in [0.25, 0.3) is 0 Å². The monoisotopic (exact) mass is 289 g/mol. The van der Waals surface area contributed by atoms with E-state index >= 15 is 0 Å². The molecule has 0 radical (unpaired) electrons. The first-order chi connectivity index (χ1) is 7.34. The molecule has 1 heterocycles. The van der Waals surface area contributed by atoms with Gasteiger partial charge in [0.1, 0.15) is 5.03 Å². The fraction of sp³-hybridized carbons (Fsp3) is 0.444. The Morgan fingerprint density at radius 2 is 2.12 bits per heavy atom. The van der Waals surface area contributed by atoms with Gasteiger partial charge in [0.2, 0.25) is 0 Å². The second-order valence-corrected chi connectivity index (χ2v) is 5.23. The first kappa shape index (κ1) is 13.9. The van der Waals surface area contributed by atoms with E-state index in [0.717, 1.165) is 12.3 Å². The highest BCUT2D eigenvalue weighted by atomic mass is 35.5. The molecule has 0 aromatic carbocycles. The predicted octanol–water partition coefficient (Wildman–Crippen LogP) is 4.47. The number of pyridine rings is 1. The smallest absolute Gasteiger partial charge is 0.248 e. The molecule has 1 rings (SSSR count). The van der Waals surface area contributed by atoms with Crippen LogP contribution in [0.2, 0.25) is 5.02 Å². The number of rotatable bonds is 3. The SMILES string of the molecule is CC(CCl)Sc1ncc(C(F)(F)F)cc1Cl. The Morgan fingerprint density at radius 3 is 2.56 bits per heavy atom. The summed E-state index contributed by atoms with van der Waals surface area (Å²) in [6, 6.07) is 0.873. The van der Waals surface area contributed by atoms with Crippen LogP contribution in [0, 0.1) is 0 Å². The quantitative estimate of drug-likeness (QED) is 0.601. The molecule has 0 aliphatic heterocycles. The standard InChI is InChI=1S/C9H8Cl2F3NS/c1-5(3-10)16-8-7(11)2-6(4-15-8)9(12,13)14/h2,4-5H,3H2,1H3. The van der Waals surface area contributed by atoms with E-state index in [2.05, 4.69) is 4.98 Å². The number of hydrogen-bond acceptors (Lipinski definition) is 2. The minimum atomic E-state index is -4.42. The van der Waals surface area contributed by atoms with Gasteiger partial charge in [-0.1, -0.05) is 18.5 Å². The van der Waals surface area contributed by atoms with Crippen molar-refractivity contribution >= 4 is 35.0 Å². The van der Waals surface area contributed by atoms with Crippen molar-refractivity contribution in [3.05, 3.63) is 22.8 Å². The minimum absolute atomic E-state index is 0.00297. The van der Waals surface area contributed by atoms with Gasteiger partial charge in [0.05, 0.1) is 10.6 Å². The Labute approximate surface area is 105 Å². The van der Waals surface area contributed by atoms with E-state index in [4.69, 9.17) is 23.2 Å². The lowest BCUT2D eigenvalue weighted by Gasteiger charge is -2.10. The van der Waals surface area contributed by atoms with Crippen molar-refractivity contribution in [1.29, 1.82) is 0 Å². The van der Waals surface area contributed by atoms with Crippen molar-refractivity contribution in [3.8, 4) is 0 Å². The zero-order valence-electron chi connectivity index (χ0n) is 8.18. The molecule has 0 aliphatic carbocycles. The Kier molecular flexibility index (Phi) is 4.76. The summed E-state index contributed by atoms with van der Waals surface area (Å²) in [5.41, 5.74) is -0.847. The number of aromatic nitrogens is 1. The summed E-state index contributed by atoms with van der Waals surface area (Å²) in [6.45, 7) is 1.84. The molecule has 0 fully saturated rings. The van der Waals surface area contributed by atoms with Crippen molar-refractivity contribution in [1.82, 2.24) is 4.98 Å². The number of halogens is 5. The van der Waals surface area contributed by atoms with Crippen LogP contribution in [-0.4, -0.2) is 16.1 Å². The summed E-state index contributed by atoms with van der Waals surface area (Å²) in [6.07, 6.45) is -3.65. The van der Waals surface area contributed by atoms with Crippen molar-refractivity contribution in [2.24, 2.45) is 0 Å². The van der Waals surface area contributed by atoms with E-state index in [9.17, 15) is 13.2 Å². The van der Waals surface area contributed by atoms with Gasteiger partial charge in [0.15, 0.2) is 0 Å². The molecule has 1 atom stereocenters. The molecule has 0 bridgehead atoms. The van der Waals surface area contributed by atoms with Crippen LogP contribution in [0.1, 0.15) is 12.5 Å². The predicted molar refractivity (Wildman–Crippen MR) is 60.3 cm³/mol. The van der Waals surface area contributed by atoms with Gasteiger partial charge in [0.25, 0.3) is 0 Å². The van der Waals surface area contributed by atoms with Crippen molar-refractivity contribution in [2.45, 2.75) is 23.4 Å². The lowest BCUT2D eigenvalue weighted by molar-refractivity contribution is -0.137. The molecule has 1 nitrogen and oxygen atoms in total. The van der Waals surface area contributed by atoms with Crippen molar-refractivity contribution < 1.29 is 13.2 Å². The lowest BCUT2D eigenvalue weighted by Crippen LogP contribution is -2.06. The highest BCUT2D eigenvalue weighted by Gasteiger charge is 2.31. The van der Waals surface area contributed by atoms with Gasteiger partial charge in [0, 0.05) is 17.3 Å². The highest BCUT2D eigenvalue weighted by Crippen LogP contribution is 2.34. The molecule has 1 unspecified atom stereocenters. The second-order valence-electron chi connectivity index (χ2n) is 3.09. The van der Waals surface area contributed by atoms with Crippen LogP contribution < -0.4 is 0 Å². The van der Waals surface area contributed by atoms with Gasteiger partial charge in [-0.05, 0) is 6.07 Å². The Morgan fingerprint density at radius 1 is 1.50 bits per heavy atom. The van der Waals surface area contributed by atoms with E-state index in [1.54, 1.807) is 0 Å². The maximum absolute atomic E-state index is 12.3. The lowest BCUT2D eigenvalue weighted by atomic mass is 10.3. The highest BCUT2D eigenvalue weighted by molar-refractivity contribution is 8.00. The first-order valence-corrected chi connectivity index (χ1v) is 6.09. The summed E-state index contributed by atoms with van der Waals surface area (Å²) in [5, 5.41) is 0.406. The largest absolute Gasteiger partial charge is 0.417 e. The molecule has 1 aromatic heterocycles. The van der Waals surface area contributed by atoms with Crippen LogP contribution >= 0.6 is 35.0 Å². The summed E-state index contributed by atoms with van der Waals surface area (Å²) in [5.74, 6) is 0.379. The van der Waals surface area contributed by atoms with Crippen molar-refractivity contribution in [2.75, 3.05) is 5.88 Å². The zero-order valence-corrected chi connectivity index (χ0v) is 10.5. The molecule has 0 aliphatic rings. The maximum Gasteiger partial charge on any atom is 0.417 e. The maximum atomic E-state index is 12.3. The molecule has 0 spiro atoms. The van der Waals surface area contributed by atoms with Gasteiger partial charge in [-0.15, -0.1) is 23.4 Å². The van der Waals surface area contributed by atoms with E-state index < -0.39 is 11.7 Å². The third-order valence-electron chi connectivity index (χ3n) is 1.66. The molecule has 90 valence electrons. The average Bonchev–Trinajstić information content (AvgIpc) is 2.19. The van der Waals surface area contributed by atoms with Gasteiger partial charge in [-0.2, -0.15) is 13.2 Å². The molecule has 0 saturated heterocycles. The fourth-order valence-electron chi connectivity index (χ4n) is 0.889. The third kappa shape index (κ3) is 3.71. The molecule has 16 heavy (non-hydrogen) atoms. The molecule has 0 saturated carbocycles. The van der Waals surface area contributed by atoms with Gasteiger partial charge >= 0.3 is 6.18 Å². The van der Waals surface area contributed by atoms with Crippen LogP contribution in [0.5, 0.6) is 0 Å². The molecular formula is C9H8Cl2F3NS. The fourth-order valence-corrected chi connectivity index (χ4v) is 2.11. The topological polar surface area (TPSA) is 12.9 Å². The third-order valence-corrected chi connectivity index (χ3v) is 3.83. The van der Waals surface area contributed by atoms with E-state index in [1.165, 1.54) is 11.8 Å². The van der Waals surface area contributed by atoms with Gasteiger partial charge < -0.3 is 0 Å². The Balaban J connectivity index is 2.92. The zero-order chi connectivity index (χ0) is 12.3. The summed E-state index contributed by atoms with van der Waals surface area (Å²) in [4.78, 5) is 3.68. The summed E-state index contributed by atoms with van der Waals surface area (Å²) in [7, 11) is 0. The van der Waals surface area contributed by atoms with Crippen molar-refractivity contribution in [3.63, 3.8) is 0 Å². The van der Waals surface area contributed by atoms with Crippen LogP contribution in [0.4, 0.5) is 13.2 Å². The number of hydrogen-bond donors (Lipinski definition) is 0. The molecule has 1 aromatic rings. The Bertz CT molecular complexity index is 370. The van der Waals surface area contributed by atoms with Crippen LogP contribution in [-0.2, 0) is 6.18 Å². The second kappa shape index (κ2) is 5.47. The van der Waals surface area contributed by atoms with Gasteiger partial charge in [-0.25, -0.2) is 4.98 Å². The molecular weight excluding hydrogens is 282 g/mol. The molecule has 0 amide bonds.